The first-order chi connectivity index (χ1) is 15.5. The molecule has 0 aromatic heterocycles. The molecule has 2 N–H and O–H groups in total. The number of benzene rings is 3. The first kappa shape index (κ1) is 21.4. The average molecular weight is 432 g/mol. The molecule has 3 aromatic rings. The molecule has 0 unspecified atom stereocenters. The lowest BCUT2D eigenvalue weighted by Gasteiger charge is -2.16. The molecule has 0 saturated carbocycles. The second-order valence-electron chi connectivity index (χ2n) is 7.70. The molecule has 3 aromatic carbocycles. The molecule has 0 bridgehead atoms. The molecule has 7 heteroatoms. The third-order valence-corrected chi connectivity index (χ3v) is 5.72. The number of carbonyl (C=O) groups excluding carboxylic acids is 2. The number of methoxy groups -OCH3 is 1. The van der Waals surface area contributed by atoms with Crippen LogP contribution in [0, 0.1) is 0 Å². The van der Waals surface area contributed by atoms with E-state index in [1.165, 1.54) is 7.11 Å². The first-order valence-corrected chi connectivity index (χ1v) is 10.5. The Morgan fingerprint density at radius 2 is 1.97 bits per heavy atom. The minimum Gasteiger partial charge on any atom is -0.496 e. The van der Waals surface area contributed by atoms with E-state index >= 15 is 0 Å². The number of amides is 2. The van der Waals surface area contributed by atoms with E-state index in [0.717, 1.165) is 34.9 Å². The van der Waals surface area contributed by atoms with Gasteiger partial charge < -0.3 is 20.1 Å². The highest BCUT2D eigenvalue weighted by molar-refractivity contribution is 6.03. The van der Waals surface area contributed by atoms with Crippen molar-refractivity contribution in [3.63, 3.8) is 0 Å². The molecular weight excluding hydrogens is 408 g/mol. The van der Waals surface area contributed by atoms with Gasteiger partial charge in [0.05, 0.1) is 7.11 Å². The largest absolute Gasteiger partial charge is 0.496 e. The van der Waals surface area contributed by atoms with Gasteiger partial charge in [0, 0.05) is 31.6 Å². The van der Waals surface area contributed by atoms with Gasteiger partial charge in [-0.1, -0.05) is 30.3 Å². The van der Waals surface area contributed by atoms with Crippen LogP contribution in [0.15, 0.2) is 54.6 Å². The Kier molecular flexibility index (Phi) is 6.07. The summed E-state index contributed by atoms with van der Waals surface area (Å²) >= 11 is 0. The van der Waals surface area contributed by atoms with Gasteiger partial charge in [-0.2, -0.15) is 0 Å². The molecule has 1 aliphatic heterocycles. The van der Waals surface area contributed by atoms with Crippen LogP contribution in [0.5, 0.6) is 5.75 Å². The number of aromatic carboxylic acids is 1. The van der Waals surface area contributed by atoms with Gasteiger partial charge >= 0.3 is 5.97 Å². The van der Waals surface area contributed by atoms with Crippen LogP contribution in [-0.4, -0.2) is 54.5 Å². The van der Waals surface area contributed by atoms with Crippen LogP contribution >= 0.6 is 0 Å². The Bertz CT molecular complexity index is 1200. The van der Waals surface area contributed by atoms with Crippen LogP contribution in [-0.2, 0) is 4.79 Å². The first-order valence-electron chi connectivity index (χ1n) is 10.5. The van der Waals surface area contributed by atoms with Gasteiger partial charge in [0.2, 0.25) is 5.91 Å². The van der Waals surface area contributed by atoms with Gasteiger partial charge in [-0.05, 0) is 52.6 Å². The second-order valence-corrected chi connectivity index (χ2v) is 7.70. The zero-order valence-corrected chi connectivity index (χ0v) is 17.8. The lowest BCUT2D eigenvalue weighted by atomic mass is 9.95. The van der Waals surface area contributed by atoms with Crippen LogP contribution in [0.2, 0.25) is 0 Å². The van der Waals surface area contributed by atoms with E-state index < -0.39 is 5.97 Å². The Labute approximate surface area is 185 Å². The van der Waals surface area contributed by atoms with Gasteiger partial charge in [-0.25, -0.2) is 4.79 Å². The molecule has 1 saturated heterocycles. The molecule has 0 aliphatic carbocycles. The maximum absolute atomic E-state index is 12.6. The standard InChI is InChI=1S/C25H24N2O5/c1-32-22-10-8-17(15-21(22)25(30)31)19-5-2-4-16-14-18(7-9-20(16)19)24(29)26-11-13-27-12-3-6-23(27)28/h2,4-5,7-10,14-15H,3,6,11-13H2,1H3,(H,26,29)(H,30,31). The maximum atomic E-state index is 12.6. The van der Waals surface area contributed by atoms with Crippen molar-refractivity contribution in [2.24, 2.45) is 0 Å². The highest BCUT2D eigenvalue weighted by Crippen LogP contribution is 2.32. The van der Waals surface area contributed by atoms with Crippen molar-refractivity contribution < 1.29 is 24.2 Å². The lowest BCUT2D eigenvalue weighted by Crippen LogP contribution is -2.35. The van der Waals surface area contributed by atoms with Crippen molar-refractivity contribution in [1.29, 1.82) is 0 Å². The number of carbonyl (C=O) groups is 3. The van der Waals surface area contributed by atoms with Crippen LogP contribution in [0.3, 0.4) is 0 Å². The summed E-state index contributed by atoms with van der Waals surface area (Å²) in [6, 6.07) is 16.2. The Hall–Kier alpha value is -3.87. The number of ether oxygens (including phenoxy) is 1. The zero-order chi connectivity index (χ0) is 22.7. The molecule has 1 heterocycles. The molecule has 4 rings (SSSR count). The van der Waals surface area contributed by atoms with Crippen molar-refractivity contribution >= 4 is 28.6 Å². The Morgan fingerprint density at radius 3 is 2.69 bits per heavy atom. The minimum absolute atomic E-state index is 0.0921. The summed E-state index contributed by atoms with van der Waals surface area (Å²) < 4.78 is 5.15. The lowest BCUT2D eigenvalue weighted by molar-refractivity contribution is -0.127. The second kappa shape index (κ2) is 9.09. The molecule has 0 spiro atoms. The van der Waals surface area contributed by atoms with E-state index in [9.17, 15) is 19.5 Å². The molecule has 1 fully saturated rings. The normalized spacial score (nSPS) is 13.4. The quantitative estimate of drug-likeness (QED) is 0.595. The number of likely N-dealkylation sites (tertiary alicyclic amines) is 1. The van der Waals surface area contributed by atoms with Gasteiger partial charge in [0.25, 0.3) is 5.91 Å². The van der Waals surface area contributed by atoms with Crippen molar-refractivity contribution in [3.05, 3.63) is 65.7 Å². The summed E-state index contributed by atoms with van der Waals surface area (Å²) in [5.74, 6) is -0.807. The number of rotatable bonds is 7. The Balaban J connectivity index is 1.56. The minimum atomic E-state index is -1.06. The van der Waals surface area contributed by atoms with Crippen LogP contribution < -0.4 is 10.1 Å². The third kappa shape index (κ3) is 4.27. The number of nitrogens with one attached hydrogen (secondary N) is 1. The fraction of sp³-hybridized carbons (Fsp3) is 0.240. The highest BCUT2D eigenvalue weighted by Gasteiger charge is 2.19. The van der Waals surface area contributed by atoms with Crippen molar-refractivity contribution in [3.8, 4) is 16.9 Å². The molecule has 1 aliphatic rings. The number of carboxylic acid groups (broad SMARTS) is 1. The molecule has 32 heavy (non-hydrogen) atoms. The monoisotopic (exact) mass is 432 g/mol. The molecule has 0 radical (unpaired) electrons. The molecule has 7 nitrogen and oxygen atoms in total. The summed E-state index contributed by atoms with van der Waals surface area (Å²) in [6.07, 6.45) is 1.46. The van der Waals surface area contributed by atoms with Crippen LogP contribution in [0.1, 0.15) is 33.6 Å². The number of carboxylic acids is 1. The van der Waals surface area contributed by atoms with E-state index in [1.807, 2.05) is 36.4 Å². The molecule has 2 amide bonds. The van der Waals surface area contributed by atoms with Gasteiger partial charge in [0.15, 0.2) is 0 Å². The molecule has 0 atom stereocenters. The van der Waals surface area contributed by atoms with Crippen molar-refractivity contribution in [2.45, 2.75) is 12.8 Å². The maximum Gasteiger partial charge on any atom is 0.339 e. The smallest absolute Gasteiger partial charge is 0.339 e. The summed E-state index contributed by atoms with van der Waals surface area (Å²) in [5.41, 5.74) is 2.24. The van der Waals surface area contributed by atoms with Gasteiger partial charge in [-0.3, -0.25) is 9.59 Å². The summed E-state index contributed by atoms with van der Waals surface area (Å²) in [5, 5.41) is 14.1. The SMILES string of the molecule is COc1ccc(-c2cccc3cc(C(=O)NCCN4CCCC4=O)ccc23)cc1C(=O)O. The molecule has 164 valence electrons. The highest BCUT2D eigenvalue weighted by atomic mass is 16.5. The fourth-order valence-electron chi connectivity index (χ4n) is 4.07. The molecular formula is C25H24N2O5. The van der Waals surface area contributed by atoms with E-state index in [1.54, 1.807) is 23.1 Å². The number of hydrogen-bond acceptors (Lipinski definition) is 4. The van der Waals surface area contributed by atoms with Crippen LogP contribution in [0.25, 0.3) is 21.9 Å². The topological polar surface area (TPSA) is 95.9 Å². The Morgan fingerprint density at radius 1 is 1.12 bits per heavy atom. The predicted molar refractivity (Wildman–Crippen MR) is 121 cm³/mol. The number of nitrogens with zero attached hydrogens (tertiary/aromatic N) is 1. The third-order valence-electron chi connectivity index (χ3n) is 5.72. The average Bonchev–Trinajstić information content (AvgIpc) is 3.22. The van der Waals surface area contributed by atoms with E-state index in [-0.39, 0.29) is 17.4 Å². The summed E-state index contributed by atoms with van der Waals surface area (Å²) in [4.78, 5) is 37.6. The van der Waals surface area contributed by atoms with Crippen molar-refractivity contribution in [2.75, 3.05) is 26.7 Å². The predicted octanol–water partition coefficient (Wildman–Crippen LogP) is 3.57. The van der Waals surface area contributed by atoms with Gasteiger partial charge in [-0.15, -0.1) is 0 Å². The van der Waals surface area contributed by atoms with E-state index in [2.05, 4.69) is 5.32 Å². The van der Waals surface area contributed by atoms with E-state index in [4.69, 9.17) is 4.74 Å². The summed E-state index contributed by atoms with van der Waals surface area (Å²) in [7, 11) is 1.44. The fourth-order valence-corrected chi connectivity index (χ4v) is 4.07. The van der Waals surface area contributed by atoms with Crippen molar-refractivity contribution in [1.82, 2.24) is 10.2 Å². The van der Waals surface area contributed by atoms with Gasteiger partial charge in [0.1, 0.15) is 11.3 Å². The summed E-state index contributed by atoms with van der Waals surface area (Å²) in [6.45, 7) is 1.68. The van der Waals surface area contributed by atoms with Crippen LogP contribution in [0.4, 0.5) is 0 Å². The van der Waals surface area contributed by atoms with E-state index in [0.29, 0.717) is 30.8 Å². The number of fused-ring (bicyclic) bond motifs is 1. The zero-order valence-electron chi connectivity index (χ0n) is 17.8. The number of hydrogen-bond donors (Lipinski definition) is 2.